The largest absolute Gasteiger partial charge is 0.351 e. The average molecular weight is 359 g/mol. The van der Waals surface area contributed by atoms with Gasteiger partial charge in [0.05, 0.1) is 11.4 Å². The van der Waals surface area contributed by atoms with E-state index in [1.165, 1.54) is 37.3 Å². The molecule has 0 radical (unpaired) electrons. The fraction of sp³-hybridized carbons (Fsp3) is 0.526. The maximum atomic E-state index is 12.4. The second-order valence-corrected chi connectivity index (χ2v) is 7.81. The van der Waals surface area contributed by atoms with Crippen LogP contribution < -0.4 is 5.32 Å². The second kappa shape index (κ2) is 8.54. The van der Waals surface area contributed by atoms with Gasteiger partial charge in [0, 0.05) is 19.3 Å². The minimum absolute atomic E-state index is 0.0239. The number of amides is 1. The van der Waals surface area contributed by atoms with E-state index < -0.39 is 0 Å². The Kier molecular flexibility index (Phi) is 6.15. The fourth-order valence-corrected chi connectivity index (χ4v) is 4.24. The third-order valence-corrected chi connectivity index (χ3v) is 5.74. The summed E-state index contributed by atoms with van der Waals surface area (Å²) in [7, 11) is 0. The summed E-state index contributed by atoms with van der Waals surface area (Å²) < 4.78 is 0. The molecule has 1 saturated heterocycles. The van der Waals surface area contributed by atoms with E-state index in [4.69, 9.17) is 0 Å². The molecular weight excluding hydrogens is 332 g/mol. The molecule has 0 bridgehead atoms. The van der Waals surface area contributed by atoms with Crippen LogP contribution in [0.1, 0.15) is 41.6 Å². The first-order valence-corrected chi connectivity index (χ1v) is 9.84. The van der Waals surface area contributed by atoms with Crippen molar-refractivity contribution in [1.82, 2.24) is 20.2 Å². The highest BCUT2D eigenvalue weighted by atomic mass is 32.1. The number of pyridine rings is 1. The number of nitrogens with zero attached hydrogens (tertiary/aromatic N) is 3. The molecule has 5 nitrogen and oxygen atoms in total. The van der Waals surface area contributed by atoms with Crippen LogP contribution >= 0.6 is 11.3 Å². The molecule has 1 fully saturated rings. The maximum absolute atomic E-state index is 12.4. The topological polar surface area (TPSA) is 58.1 Å². The lowest BCUT2D eigenvalue weighted by Crippen LogP contribution is -2.36. The Morgan fingerprint density at radius 3 is 3.08 bits per heavy atom. The summed E-state index contributed by atoms with van der Waals surface area (Å²) in [5.41, 5.74) is 1.59. The van der Waals surface area contributed by atoms with Gasteiger partial charge >= 0.3 is 0 Å². The van der Waals surface area contributed by atoms with Crippen LogP contribution in [0.25, 0.3) is 10.7 Å². The summed E-state index contributed by atoms with van der Waals surface area (Å²) in [5.74, 6) is 0.775. The Morgan fingerprint density at radius 2 is 2.32 bits per heavy atom. The SMILES string of the molecule is Cc1nc(-c2ccccn2)sc1C(=O)NCCCN1CCCC(C)C1. The third kappa shape index (κ3) is 4.86. The summed E-state index contributed by atoms with van der Waals surface area (Å²) in [4.78, 5) is 24.4. The van der Waals surface area contributed by atoms with Crippen LogP contribution in [0.5, 0.6) is 0 Å². The van der Waals surface area contributed by atoms with Gasteiger partial charge in [-0.15, -0.1) is 11.3 Å². The van der Waals surface area contributed by atoms with E-state index in [2.05, 4.69) is 27.1 Å². The van der Waals surface area contributed by atoms with Crippen LogP contribution in [0.4, 0.5) is 0 Å². The quantitative estimate of drug-likeness (QED) is 0.805. The van der Waals surface area contributed by atoms with E-state index in [9.17, 15) is 4.79 Å². The number of hydrogen-bond acceptors (Lipinski definition) is 5. The normalized spacial score (nSPS) is 18.2. The molecule has 3 rings (SSSR count). The van der Waals surface area contributed by atoms with Crippen molar-refractivity contribution in [2.24, 2.45) is 5.92 Å². The van der Waals surface area contributed by atoms with Crippen molar-refractivity contribution >= 4 is 17.2 Å². The minimum Gasteiger partial charge on any atom is -0.351 e. The Balaban J connectivity index is 1.49. The van der Waals surface area contributed by atoms with Crippen LogP contribution in [-0.2, 0) is 0 Å². The molecule has 1 N–H and O–H groups in total. The molecule has 6 heteroatoms. The summed E-state index contributed by atoms with van der Waals surface area (Å²) in [6.07, 6.45) is 5.37. The van der Waals surface area contributed by atoms with Crippen molar-refractivity contribution in [2.75, 3.05) is 26.2 Å². The first-order valence-electron chi connectivity index (χ1n) is 9.03. The number of nitrogens with one attached hydrogen (secondary N) is 1. The number of carbonyl (C=O) groups is 1. The van der Waals surface area contributed by atoms with Crippen LogP contribution in [-0.4, -0.2) is 47.0 Å². The smallest absolute Gasteiger partial charge is 0.263 e. The van der Waals surface area contributed by atoms with Crippen molar-refractivity contribution in [3.63, 3.8) is 0 Å². The Bertz CT molecular complexity index is 701. The van der Waals surface area contributed by atoms with Crippen LogP contribution in [0.2, 0.25) is 0 Å². The molecule has 3 heterocycles. The highest BCUT2D eigenvalue weighted by Crippen LogP contribution is 2.26. The highest BCUT2D eigenvalue weighted by Gasteiger charge is 2.17. The molecule has 1 unspecified atom stereocenters. The zero-order chi connectivity index (χ0) is 17.6. The van der Waals surface area contributed by atoms with Crippen LogP contribution in [0.3, 0.4) is 0 Å². The lowest BCUT2D eigenvalue weighted by molar-refractivity contribution is 0.0953. The molecule has 1 atom stereocenters. The zero-order valence-corrected chi connectivity index (χ0v) is 15.8. The summed E-state index contributed by atoms with van der Waals surface area (Å²) >= 11 is 1.41. The Labute approximate surface area is 153 Å². The molecule has 1 aliphatic rings. The van der Waals surface area contributed by atoms with Crippen molar-refractivity contribution < 1.29 is 4.79 Å². The first-order chi connectivity index (χ1) is 12.1. The van der Waals surface area contributed by atoms with E-state index in [1.807, 2.05) is 25.1 Å². The fourth-order valence-electron chi connectivity index (χ4n) is 3.28. The number of likely N-dealkylation sites (tertiary alicyclic amines) is 1. The minimum atomic E-state index is -0.0239. The van der Waals surface area contributed by atoms with Gasteiger partial charge in [-0.2, -0.15) is 0 Å². The number of hydrogen-bond donors (Lipinski definition) is 1. The van der Waals surface area contributed by atoms with E-state index >= 15 is 0 Å². The molecule has 2 aromatic heterocycles. The van der Waals surface area contributed by atoms with Gasteiger partial charge in [0.15, 0.2) is 0 Å². The monoisotopic (exact) mass is 358 g/mol. The van der Waals surface area contributed by atoms with E-state index in [0.29, 0.717) is 11.4 Å². The lowest BCUT2D eigenvalue weighted by atomic mass is 10.0. The standard InChI is InChI=1S/C19H26N4OS/c1-14-7-5-11-23(13-14)12-6-10-21-18(24)17-15(2)22-19(25-17)16-8-3-4-9-20-16/h3-4,8-9,14H,5-7,10-13H2,1-2H3,(H,21,24). The number of thiazole rings is 1. The molecule has 0 spiro atoms. The lowest BCUT2D eigenvalue weighted by Gasteiger charge is -2.30. The molecule has 1 aliphatic heterocycles. The average Bonchev–Trinajstić information content (AvgIpc) is 3.01. The Morgan fingerprint density at radius 1 is 1.44 bits per heavy atom. The predicted octanol–water partition coefficient (Wildman–Crippen LogP) is 3.37. The van der Waals surface area contributed by atoms with Gasteiger partial charge in [-0.3, -0.25) is 9.78 Å². The van der Waals surface area contributed by atoms with E-state index in [-0.39, 0.29) is 5.91 Å². The number of piperidine rings is 1. The van der Waals surface area contributed by atoms with Crippen LogP contribution in [0.15, 0.2) is 24.4 Å². The Hall–Kier alpha value is -1.79. The van der Waals surface area contributed by atoms with Gasteiger partial charge < -0.3 is 10.2 Å². The van der Waals surface area contributed by atoms with E-state index in [1.54, 1.807) is 6.20 Å². The van der Waals surface area contributed by atoms with Crippen molar-refractivity contribution in [3.05, 3.63) is 35.0 Å². The molecule has 2 aromatic rings. The van der Waals surface area contributed by atoms with Crippen molar-refractivity contribution in [3.8, 4) is 10.7 Å². The van der Waals surface area contributed by atoms with Gasteiger partial charge in [0.25, 0.3) is 5.91 Å². The maximum Gasteiger partial charge on any atom is 0.263 e. The molecule has 0 saturated carbocycles. The molecule has 25 heavy (non-hydrogen) atoms. The van der Waals surface area contributed by atoms with E-state index in [0.717, 1.165) is 35.3 Å². The summed E-state index contributed by atoms with van der Waals surface area (Å²) in [6.45, 7) is 8.35. The van der Waals surface area contributed by atoms with Gasteiger partial charge in [0.2, 0.25) is 0 Å². The molecular formula is C19H26N4OS. The van der Waals surface area contributed by atoms with Gasteiger partial charge in [-0.05, 0) is 57.3 Å². The number of carbonyl (C=O) groups excluding carboxylic acids is 1. The number of rotatable bonds is 6. The van der Waals surface area contributed by atoms with Gasteiger partial charge in [-0.25, -0.2) is 4.98 Å². The summed E-state index contributed by atoms with van der Waals surface area (Å²) in [6, 6.07) is 5.72. The molecule has 134 valence electrons. The molecule has 1 amide bonds. The first kappa shape index (κ1) is 18.0. The summed E-state index contributed by atoms with van der Waals surface area (Å²) in [5, 5.41) is 3.84. The third-order valence-electron chi connectivity index (χ3n) is 4.56. The van der Waals surface area contributed by atoms with Crippen molar-refractivity contribution in [1.29, 1.82) is 0 Å². The zero-order valence-electron chi connectivity index (χ0n) is 15.0. The number of aryl methyl sites for hydroxylation is 1. The second-order valence-electron chi connectivity index (χ2n) is 6.81. The van der Waals surface area contributed by atoms with Crippen LogP contribution in [0, 0.1) is 12.8 Å². The predicted molar refractivity (Wildman–Crippen MR) is 102 cm³/mol. The highest BCUT2D eigenvalue weighted by molar-refractivity contribution is 7.17. The van der Waals surface area contributed by atoms with Crippen molar-refractivity contribution in [2.45, 2.75) is 33.1 Å². The number of aromatic nitrogens is 2. The van der Waals surface area contributed by atoms with Gasteiger partial charge in [-0.1, -0.05) is 13.0 Å². The molecule has 0 aromatic carbocycles. The van der Waals surface area contributed by atoms with Gasteiger partial charge in [0.1, 0.15) is 9.88 Å². The molecule has 0 aliphatic carbocycles.